The summed E-state index contributed by atoms with van der Waals surface area (Å²) in [5.41, 5.74) is 0.962. The largest absolute Gasteiger partial charge is 0.449 e. The Labute approximate surface area is 128 Å². The fraction of sp³-hybridized carbons (Fsp3) is 0.611. The molecule has 1 aliphatic rings. The molecule has 0 aromatic rings. The molecule has 0 bridgehead atoms. The van der Waals surface area contributed by atoms with E-state index in [0.29, 0.717) is 12.0 Å². The molecule has 1 saturated heterocycles. The third-order valence-corrected chi connectivity index (χ3v) is 3.65. The summed E-state index contributed by atoms with van der Waals surface area (Å²) < 4.78 is 10.4. The van der Waals surface area contributed by atoms with Crippen LogP contribution in [0.25, 0.3) is 0 Å². The minimum absolute atomic E-state index is 0.0168. The summed E-state index contributed by atoms with van der Waals surface area (Å²) in [6, 6.07) is 0. The SMILES string of the molecule is C#CCOC(=O)C=C(C)C=CCC(C)CCC1OC1(C)C. The van der Waals surface area contributed by atoms with Crippen LogP contribution in [-0.2, 0) is 14.3 Å². The van der Waals surface area contributed by atoms with Crippen molar-refractivity contribution in [3.8, 4) is 12.3 Å². The number of epoxide rings is 1. The van der Waals surface area contributed by atoms with Crippen molar-refractivity contribution in [1.82, 2.24) is 0 Å². The van der Waals surface area contributed by atoms with E-state index in [1.807, 2.05) is 13.0 Å². The average Bonchev–Trinajstić information content (AvgIpc) is 3.01. The first-order chi connectivity index (χ1) is 9.85. The van der Waals surface area contributed by atoms with Gasteiger partial charge in [0.1, 0.15) is 0 Å². The molecule has 1 fully saturated rings. The maximum absolute atomic E-state index is 11.3. The number of ether oxygens (including phenoxy) is 2. The van der Waals surface area contributed by atoms with Gasteiger partial charge in [-0.05, 0) is 51.5 Å². The molecule has 1 aliphatic heterocycles. The molecular formula is C18H26O3. The summed E-state index contributed by atoms with van der Waals surface area (Å²) in [6.45, 7) is 8.40. The first-order valence-electron chi connectivity index (χ1n) is 7.48. The lowest BCUT2D eigenvalue weighted by atomic mass is 9.97. The highest BCUT2D eigenvalue weighted by molar-refractivity contribution is 5.83. The summed E-state index contributed by atoms with van der Waals surface area (Å²) in [5.74, 6) is 2.48. The van der Waals surface area contributed by atoms with Crippen molar-refractivity contribution >= 4 is 5.97 Å². The predicted octanol–water partition coefficient (Wildman–Crippen LogP) is 3.65. The lowest BCUT2D eigenvalue weighted by Crippen LogP contribution is -2.04. The molecule has 2 atom stereocenters. The zero-order valence-corrected chi connectivity index (χ0v) is 13.5. The van der Waals surface area contributed by atoms with Gasteiger partial charge in [-0.3, -0.25) is 0 Å². The zero-order chi connectivity index (χ0) is 15.9. The van der Waals surface area contributed by atoms with E-state index in [1.54, 1.807) is 0 Å². The van der Waals surface area contributed by atoms with Gasteiger partial charge in [-0.2, -0.15) is 0 Å². The van der Waals surface area contributed by atoms with Gasteiger partial charge < -0.3 is 9.47 Å². The van der Waals surface area contributed by atoms with E-state index in [0.717, 1.165) is 24.8 Å². The lowest BCUT2D eigenvalue weighted by Gasteiger charge is -2.07. The van der Waals surface area contributed by atoms with Crippen LogP contribution < -0.4 is 0 Å². The standard InChI is InChI=1S/C18H26O3/c1-6-12-20-17(19)13-15(3)9-7-8-14(2)10-11-16-18(4,5)21-16/h1,7,9,13-14,16H,8,10-12H2,2-5H3. The van der Waals surface area contributed by atoms with E-state index in [1.165, 1.54) is 6.08 Å². The Morgan fingerprint density at radius 1 is 1.52 bits per heavy atom. The molecule has 0 radical (unpaired) electrons. The topological polar surface area (TPSA) is 38.8 Å². The van der Waals surface area contributed by atoms with Gasteiger partial charge in [0.25, 0.3) is 0 Å². The van der Waals surface area contributed by atoms with Crippen LogP contribution >= 0.6 is 0 Å². The lowest BCUT2D eigenvalue weighted by molar-refractivity contribution is -0.136. The quantitative estimate of drug-likeness (QED) is 0.225. The Bertz CT molecular complexity index is 452. The summed E-state index contributed by atoms with van der Waals surface area (Å²) in [5, 5.41) is 0. The van der Waals surface area contributed by atoms with Crippen molar-refractivity contribution in [1.29, 1.82) is 0 Å². The van der Waals surface area contributed by atoms with Crippen molar-refractivity contribution in [3.63, 3.8) is 0 Å². The van der Waals surface area contributed by atoms with Gasteiger partial charge in [0.2, 0.25) is 0 Å². The van der Waals surface area contributed by atoms with Gasteiger partial charge in [0.05, 0.1) is 11.7 Å². The van der Waals surface area contributed by atoms with Crippen LogP contribution in [-0.4, -0.2) is 24.3 Å². The van der Waals surface area contributed by atoms with E-state index >= 15 is 0 Å². The molecule has 0 aromatic heterocycles. The van der Waals surface area contributed by atoms with E-state index in [-0.39, 0.29) is 12.2 Å². The minimum Gasteiger partial charge on any atom is -0.449 e. The third-order valence-electron chi connectivity index (χ3n) is 3.65. The Kier molecular flexibility index (Phi) is 6.71. The fourth-order valence-corrected chi connectivity index (χ4v) is 2.17. The van der Waals surface area contributed by atoms with Gasteiger partial charge in [-0.1, -0.05) is 25.0 Å². The van der Waals surface area contributed by atoms with Crippen molar-refractivity contribution in [2.75, 3.05) is 6.61 Å². The van der Waals surface area contributed by atoms with E-state index in [4.69, 9.17) is 15.9 Å². The highest BCUT2D eigenvalue weighted by Gasteiger charge is 2.46. The van der Waals surface area contributed by atoms with Crippen LogP contribution in [0.5, 0.6) is 0 Å². The van der Waals surface area contributed by atoms with Crippen molar-refractivity contribution in [2.45, 2.75) is 58.7 Å². The molecule has 0 N–H and O–H groups in total. The van der Waals surface area contributed by atoms with Crippen LogP contribution in [0.4, 0.5) is 0 Å². The molecule has 1 rings (SSSR count). The number of rotatable bonds is 8. The normalized spacial score (nSPS) is 21.9. The van der Waals surface area contributed by atoms with Crippen LogP contribution in [0.3, 0.4) is 0 Å². The predicted molar refractivity (Wildman–Crippen MR) is 84.7 cm³/mol. The number of esters is 1. The molecule has 116 valence electrons. The summed E-state index contributed by atoms with van der Waals surface area (Å²) in [7, 11) is 0. The second-order valence-electron chi connectivity index (χ2n) is 6.23. The van der Waals surface area contributed by atoms with E-state index in [2.05, 4.69) is 32.8 Å². The first kappa shape index (κ1) is 17.5. The maximum Gasteiger partial charge on any atom is 0.331 e. The summed E-state index contributed by atoms with van der Waals surface area (Å²) in [4.78, 5) is 11.3. The zero-order valence-electron chi connectivity index (χ0n) is 13.5. The van der Waals surface area contributed by atoms with Crippen LogP contribution in [0, 0.1) is 18.3 Å². The maximum atomic E-state index is 11.3. The number of carbonyl (C=O) groups is 1. The smallest absolute Gasteiger partial charge is 0.331 e. The molecule has 0 amide bonds. The highest BCUT2D eigenvalue weighted by atomic mass is 16.6. The van der Waals surface area contributed by atoms with Crippen molar-refractivity contribution in [2.24, 2.45) is 5.92 Å². The Morgan fingerprint density at radius 3 is 2.76 bits per heavy atom. The second kappa shape index (κ2) is 8.05. The molecule has 1 heterocycles. The fourth-order valence-electron chi connectivity index (χ4n) is 2.17. The second-order valence-corrected chi connectivity index (χ2v) is 6.23. The first-order valence-corrected chi connectivity index (χ1v) is 7.48. The number of allylic oxidation sites excluding steroid dienone is 3. The third kappa shape index (κ3) is 7.15. The monoisotopic (exact) mass is 290 g/mol. The van der Waals surface area contributed by atoms with E-state index in [9.17, 15) is 4.79 Å². The molecule has 3 heteroatoms. The van der Waals surface area contributed by atoms with Crippen LogP contribution in [0.2, 0.25) is 0 Å². The minimum atomic E-state index is -0.392. The summed E-state index contributed by atoms with van der Waals surface area (Å²) in [6.07, 6.45) is 14.2. The highest BCUT2D eigenvalue weighted by Crippen LogP contribution is 2.39. The number of carbonyl (C=O) groups excluding carboxylic acids is 1. The Hall–Kier alpha value is -1.53. The average molecular weight is 290 g/mol. The van der Waals surface area contributed by atoms with Gasteiger partial charge >= 0.3 is 5.97 Å². The van der Waals surface area contributed by atoms with E-state index < -0.39 is 5.97 Å². The Balaban J connectivity index is 2.22. The molecule has 0 aromatic carbocycles. The molecule has 0 saturated carbocycles. The number of hydrogen-bond donors (Lipinski definition) is 0. The molecular weight excluding hydrogens is 264 g/mol. The van der Waals surface area contributed by atoms with Crippen molar-refractivity contribution < 1.29 is 14.3 Å². The van der Waals surface area contributed by atoms with Gasteiger partial charge in [-0.15, -0.1) is 6.42 Å². The molecule has 2 unspecified atom stereocenters. The number of terminal acetylenes is 1. The van der Waals surface area contributed by atoms with Crippen LogP contribution in [0.1, 0.15) is 47.0 Å². The van der Waals surface area contributed by atoms with Gasteiger partial charge in [0, 0.05) is 6.08 Å². The number of hydrogen-bond acceptors (Lipinski definition) is 3. The van der Waals surface area contributed by atoms with Gasteiger partial charge in [0.15, 0.2) is 6.61 Å². The molecule has 3 nitrogen and oxygen atoms in total. The Morgan fingerprint density at radius 2 is 2.19 bits per heavy atom. The summed E-state index contributed by atoms with van der Waals surface area (Å²) >= 11 is 0. The van der Waals surface area contributed by atoms with Gasteiger partial charge in [-0.25, -0.2) is 4.79 Å². The molecule has 0 aliphatic carbocycles. The molecule has 0 spiro atoms. The molecule has 21 heavy (non-hydrogen) atoms. The van der Waals surface area contributed by atoms with Crippen LogP contribution in [0.15, 0.2) is 23.8 Å². The van der Waals surface area contributed by atoms with Crippen molar-refractivity contribution in [3.05, 3.63) is 23.8 Å².